The SMILES string of the molecule is CC(C(=O)NCCN1CCC(c2ccccc2)(N(C)C)CC1)c1c[nH]c2cc(F)ccc12. The van der Waals surface area contributed by atoms with Crippen molar-refractivity contribution in [2.45, 2.75) is 31.2 Å². The van der Waals surface area contributed by atoms with Gasteiger partial charge in [-0.15, -0.1) is 0 Å². The third-order valence-corrected chi connectivity index (χ3v) is 7.11. The van der Waals surface area contributed by atoms with E-state index in [-0.39, 0.29) is 23.2 Å². The van der Waals surface area contributed by atoms with E-state index in [0.29, 0.717) is 6.54 Å². The molecular formula is C26H33FN4O. The van der Waals surface area contributed by atoms with Crippen molar-refractivity contribution in [3.05, 3.63) is 71.7 Å². The molecule has 3 aromatic rings. The van der Waals surface area contributed by atoms with Crippen molar-refractivity contribution in [2.24, 2.45) is 0 Å². The smallest absolute Gasteiger partial charge is 0.227 e. The largest absolute Gasteiger partial charge is 0.361 e. The fourth-order valence-electron chi connectivity index (χ4n) is 5.00. The van der Waals surface area contributed by atoms with Gasteiger partial charge in [0.15, 0.2) is 0 Å². The summed E-state index contributed by atoms with van der Waals surface area (Å²) in [6, 6.07) is 15.4. The summed E-state index contributed by atoms with van der Waals surface area (Å²) >= 11 is 0. The van der Waals surface area contributed by atoms with E-state index in [9.17, 15) is 9.18 Å². The number of likely N-dealkylation sites (tertiary alicyclic amines) is 1. The summed E-state index contributed by atoms with van der Waals surface area (Å²) in [4.78, 5) is 20.6. The molecule has 0 bridgehead atoms. The van der Waals surface area contributed by atoms with Crippen molar-refractivity contribution in [3.63, 3.8) is 0 Å². The minimum absolute atomic E-state index is 0.000779. The first kappa shape index (κ1) is 22.5. The number of benzene rings is 2. The highest BCUT2D eigenvalue weighted by Crippen LogP contribution is 2.37. The van der Waals surface area contributed by atoms with Crippen LogP contribution >= 0.6 is 0 Å². The zero-order valence-electron chi connectivity index (χ0n) is 19.2. The molecule has 1 unspecified atom stereocenters. The number of carbonyl (C=O) groups is 1. The van der Waals surface area contributed by atoms with Gasteiger partial charge in [0.05, 0.1) is 5.92 Å². The molecule has 0 saturated carbocycles. The number of H-pyrrole nitrogens is 1. The van der Waals surface area contributed by atoms with Crippen LogP contribution in [0.1, 0.15) is 36.8 Å². The first-order valence-corrected chi connectivity index (χ1v) is 11.4. The van der Waals surface area contributed by atoms with Crippen molar-refractivity contribution in [2.75, 3.05) is 40.3 Å². The topological polar surface area (TPSA) is 51.4 Å². The minimum atomic E-state index is -0.296. The Morgan fingerprint density at radius 1 is 1.19 bits per heavy atom. The highest BCUT2D eigenvalue weighted by molar-refractivity contribution is 5.91. The van der Waals surface area contributed by atoms with E-state index in [1.54, 1.807) is 6.07 Å². The van der Waals surface area contributed by atoms with Gasteiger partial charge in [0.25, 0.3) is 0 Å². The maximum Gasteiger partial charge on any atom is 0.227 e. The zero-order chi connectivity index (χ0) is 22.7. The number of hydrogen-bond acceptors (Lipinski definition) is 3. The number of fused-ring (bicyclic) bond motifs is 1. The molecule has 1 saturated heterocycles. The van der Waals surface area contributed by atoms with Gasteiger partial charge in [-0.2, -0.15) is 0 Å². The lowest BCUT2D eigenvalue weighted by Crippen LogP contribution is -2.51. The second-order valence-electron chi connectivity index (χ2n) is 9.08. The number of amides is 1. The van der Waals surface area contributed by atoms with Crippen LogP contribution in [-0.2, 0) is 10.3 Å². The molecule has 2 N–H and O–H groups in total. The van der Waals surface area contributed by atoms with Crippen LogP contribution in [0.15, 0.2) is 54.7 Å². The number of halogens is 1. The lowest BCUT2D eigenvalue weighted by Gasteiger charge is -2.46. The normalized spacial score (nSPS) is 17.5. The first-order chi connectivity index (χ1) is 15.4. The summed E-state index contributed by atoms with van der Waals surface area (Å²) in [5, 5.41) is 3.98. The van der Waals surface area contributed by atoms with Crippen molar-refractivity contribution >= 4 is 16.8 Å². The Morgan fingerprint density at radius 3 is 2.59 bits per heavy atom. The van der Waals surface area contributed by atoms with Crippen molar-refractivity contribution < 1.29 is 9.18 Å². The predicted molar refractivity (Wildman–Crippen MR) is 127 cm³/mol. The fourth-order valence-corrected chi connectivity index (χ4v) is 5.00. The van der Waals surface area contributed by atoms with Gasteiger partial charge in [-0.25, -0.2) is 4.39 Å². The van der Waals surface area contributed by atoms with E-state index < -0.39 is 0 Å². The van der Waals surface area contributed by atoms with Gasteiger partial charge in [0.2, 0.25) is 5.91 Å². The fraction of sp³-hybridized carbons (Fsp3) is 0.423. The van der Waals surface area contributed by atoms with Gasteiger partial charge in [-0.3, -0.25) is 9.69 Å². The summed E-state index contributed by atoms with van der Waals surface area (Å²) in [6.07, 6.45) is 3.95. The molecule has 5 nitrogen and oxygen atoms in total. The molecule has 0 aliphatic carbocycles. The summed E-state index contributed by atoms with van der Waals surface area (Å²) in [5.41, 5.74) is 3.07. The monoisotopic (exact) mass is 436 g/mol. The number of aromatic nitrogens is 1. The molecule has 32 heavy (non-hydrogen) atoms. The molecule has 1 fully saturated rings. The quantitative estimate of drug-likeness (QED) is 0.587. The molecule has 1 aliphatic heterocycles. The van der Waals surface area contributed by atoms with Crippen molar-refractivity contribution in [3.8, 4) is 0 Å². The molecule has 1 aromatic heterocycles. The molecule has 6 heteroatoms. The number of piperidine rings is 1. The standard InChI is InChI=1S/C26H33FN4O/c1-19(23-18-29-24-17-21(27)9-10-22(23)24)25(32)28-13-16-31-14-11-26(12-15-31,30(2)3)20-7-5-4-6-8-20/h4-10,17-19,29H,11-16H2,1-3H3,(H,28,32). The number of nitrogens with zero attached hydrogens (tertiary/aromatic N) is 2. The van der Waals surface area contributed by atoms with E-state index in [0.717, 1.165) is 48.9 Å². The Labute approximate surface area is 189 Å². The Kier molecular flexibility index (Phi) is 6.63. The zero-order valence-corrected chi connectivity index (χ0v) is 19.2. The molecule has 2 heterocycles. The summed E-state index contributed by atoms with van der Waals surface area (Å²) < 4.78 is 13.4. The van der Waals surface area contributed by atoms with E-state index in [2.05, 4.69) is 64.5 Å². The van der Waals surface area contributed by atoms with Gasteiger partial charge in [0.1, 0.15) is 5.82 Å². The van der Waals surface area contributed by atoms with Crippen LogP contribution in [-0.4, -0.2) is 61.0 Å². The van der Waals surface area contributed by atoms with Gasteiger partial charge in [0, 0.05) is 48.8 Å². The third kappa shape index (κ3) is 4.43. The molecular weight excluding hydrogens is 403 g/mol. The maximum atomic E-state index is 13.4. The average molecular weight is 437 g/mol. The maximum absolute atomic E-state index is 13.4. The number of carbonyl (C=O) groups excluding carboxylic acids is 1. The van der Waals surface area contributed by atoms with Gasteiger partial charge >= 0.3 is 0 Å². The minimum Gasteiger partial charge on any atom is -0.361 e. The molecule has 0 spiro atoms. The van der Waals surface area contributed by atoms with Crippen LogP contribution < -0.4 is 5.32 Å². The van der Waals surface area contributed by atoms with Crippen molar-refractivity contribution in [1.29, 1.82) is 0 Å². The molecule has 1 aliphatic rings. The highest BCUT2D eigenvalue weighted by Gasteiger charge is 2.37. The molecule has 4 rings (SSSR count). The first-order valence-electron chi connectivity index (χ1n) is 11.4. The average Bonchev–Trinajstić information content (AvgIpc) is 3.22. The third-order valence-electron chi connectivity index (χ3n) is 7.11. The van der Waals surface area contributed by atoms with Crippen LogP contribution in [0.4, 0.5) is 4.39 Å². The van der Waals surface area contributed by atoms with E-state index >= 15 is 0 Å². The van der Waals surface area contributed by atoms with Crippen LogP contribution in [0.5, 0.6) is 0 Å². The summed E-state index contributed by atoms with van der Waals surface area (Å²) in [6.45, 7) is 5.38. The number of nitrogens with one attached hydrogen (secondary N) is 2. The Balaban J connectivity index is 1.30. The van der Waals surface area contributed by atoms with E-state index in [1.165, 1.54) is 17.7 Å². The van der Waals surface area contributed by atoms with Crippen molar-refractivity contribution in [1.82, 2.24) is 20.1 Å². The second-order valence-corrected chi connectivity index (χ2v) is 9.08. The highest BCUT2D eigenvalue weighted by atomic mass is 19.1. The van der Waals surface area contributed by atoms with Gasteiger partial charge in [-0.1, -0.05) is 30.3 Å². The van der Waals surface area contributed by atoms with E-state index in [1.807, 2.05) is 13.1 Å². The molecule has 1 amide bonds. The molecule has 1 atom stereocenters. The van der Waals surface area contributed by atoms with Crippen LogP contribution in [0.3, 0.4) is 0 Å². The van der Waals surface area contributed by atoms with Crippen LogP contribution in [0, 0.1) is 5.82 Å². The number of hydrogen-bond donors (Lipinski definition) is 2. The molecule has 2 aromatic carbocycles. The number of aromatic amines is 1. The van der Waals surface area contributed by atoms with Gasteiger partial charge < -0.3 is 15.2 Å². The summed E-state index contributed by atoms with van der Waals surface area (Å²) in [7, 11) is 4.34. The van der Waals surface area contributed by atoms with Crippen LogP contribution in [0.25, 0.3) is 10.9 Å². The number of rotatable bonds is 7. The lowest BCUT2D eigenvalue weighted by atomic mass is 9.80. The second kappa shape index (κ2) is 9.43. The Morgan fingerprint density at radius 2 is 1.91 bits per heavy atom. The summed E-state index contributed by atoms with van der Waals surface area (Å²) in [5.74, 6) is -0.579. The lowest BCUT2D eigenvalue weighted by molar-refractivity contribution is -0.122. The molecule has 0 radical (unpaired) electrons. The predicted octanol–water partition coefficient (Wildman–Crippen LogP) is 4.08. The van der Waals surface area contributed by atoms with Gasteiger partial charge in [-0.05, 0) is 63.2 Å². The van der Waals surface area contributed by atoms with E-state index in [4.69, 9.17) is 0 Å². The Hall–Kier alpha value is -2.70. The molecule has 170 valence electrons. The Bertz CT molecular complexity index is 1050. The van der Waals surface area contributed by atoms with Crippen LogP contribution in [0.2, 0.25) is 0 Å².